The number of nitrogens with one attached hydrogen (secondary N) is 1. The Morgan fingerprint density at radius 3 is 2.60 bits per heavy atom. The summed E-state index contributed by atoms with van der Waals surface area (Å²) in [5.41, 5.74) is -1.18. The second kappa shape index (κ2) is 5.30. The SMILES string of the molecule is CN1CCC(NC(=O)N2CCCCC2(C)C(=O)O)C1=O. The van der Waals surface area contributed by atoms with E-state index in [1.165, 1.54) is 4.90 Å². The van der Waals surface area contributed by atoms with Gasteiger partial charge in [-0.3, -0.25) is 4.79 Å². The lowest BCUT2D eigenvalue weighted by Crippen LogP contribution is -2.61. The lowest BCUT2D eigenvalue weighted by Gasteiger charge is -2.41. The molecule has 0 spiro atoms. The summed E-state index contributed by atoms with van der Waals surface area (Å²) in [4.78, 5) is 38.5. The highest BCUT2D eigenvalue weighted by Gasteiger charge is 2.45. The molecule has 7 heteroatoms. The molecule has 0 aromatic rings. The lowest BCUT2D eigenvalue weighted by atomic mass is 9.89. The second-order valence-electron chi connectivity index (χ2n) is 5.74. The first-order chi connectivity index (χ1) is 9.36. The van der Waals surface area contributed by atoms with E-state index in [9.17, 15) is 19.5 Å². The number of likely N-dealkylation sites (N-methyl/N-ethyl adjacent to an activating group) is 1. The Hall–Kier alpha value is -1.79. The van der Waals surface area contributed by atoms with Crippen LogP contribution in [0.1, 0.15) is 32.6 Å². The molecule has 2 N–H and O–H groups in total. The largest absolute Gasteiger partial charge is 0.480 e. The van der Waals surface area contributed by atoms with Gasteiger partial charge in [0.25, 0.3) is 0 Å². The fourth-order valence-corrected chi connectivity index (χ4v) is 2.85. The number of rotatable bonds is 2. The maximum atomic E-state index is 12.3. The highest BCUT2D eigenvalue weighted by atomic mass is 16.4. The van der Waals surface area contributed by atoms with Crippen LogP contribution in [0.2, 0.25) is 0 Å². The van der Waals surface area contributed by atoms with Crippen LogP contribution in [0.3, 0.4) is 0 Å². The Balaban J connectivity index is 2.07. The molecule has 2 fully saturated rings. The third-order valence-corrected chi connectivity index (χ3v) is 4.32. The maximum Gasteiger partial charge on any atom is 0.329 e. The van der Waals surface area contributed by atoms with Crippen molar-refractivity contribution >= 4 is 17.9 Å². The molecule has 2 heterocycles. The molecule has 2 atom stereocenters. The van der Waals surface area contributed by atoms with Crippen molar-refractivity contribution in [2.75, 3.05) is 20.1 Å². The van der Waals surface area contributed by atoms with Crippen LogP contribution in [-0.4, -0.2) is 64.5 Å². The molecule has 0 radical (unpaired) electrons. The van der Waals surface area contributed by atoms with Crippen LogP contribution in [0, 0.1) is 0 Å². The number of piperidine rings is 1. The zero-order chi connectivity index (χ0) is 14.9. The van der Waals surface area contributed by atoms with E-state index in [0.717, 1.165) is 12.8 Å². The number of aliphatic carboxylic acids is 1. The molecule has 0 aromatic heterocycles. The van der Waals surface area contributed by atoms with Gasteiger partial charge in [0.15, 0.2) is 0 Å². The van der Waals surface area contributed by atoms with E-state index in [-0.39, 0.29) is 5.91 Å². The third-order valence-electron chi connectivity index (χ3n) is 4.32. The van der Waals surface area contributed by atoms with Gasteiger partial charge in [-0.1, -0.05) is 0 Å². The molecule has 20 heavy (non-hydrogen) atoms. The molecule has 0 aliphatic carbocycles. The molecule has 112 valence electrons. The zero-order valence-corrected chi connectivity index (χ0v) is 11.9. The number of carbonyl (C=O) groups is 3. The van der Waals surface area contributed by atoms with Crippen LogP contribution < -0.4 is 5.32 Å². The average molecular weight is 283 g/mol. The number of hydrogen-bond donors (Lipinski definition) is 2. The summed E-state index contributed by atoms with van der Waals surface area (Å²) in [5, 5.41) is 12.0. The van der Waals surface area contributed by atoms with E-state index >= 15 is 0 Å². The van der Waals surface area contributed by atoms with Crippen molar-refractivity contribution in [3.8, 4) is 0 Å². The van der Waals surface area contributed by atoms with E-state index in [4.69, 9.17) is 0 Å². The van der Waals surface area contributed by atoms with Gasteiger partial charge in [-0.2, -0.15) is 0 Å². The van der Waals surface area contributed by atoms with Crippen LogP contribution >= 0.6 is 0 Å². The van der Waals surface area contributed by atoms with Crippen molar-refractivity contribution in [3.63, 3.8) is 0 Å². The molecule has 0 saturated carbocycles. The van der Waals surface area contributed by atoms with E-state index < -0.39 is 23.6 Å². The van der Waals surface area contributed by atoms with Gasteiger partial charge >= 0.3 is 12.0 Å². The highest BCUT2D eigenvalue weighted by molar-refractivity contribution is 5.91. The Labute approximate surface area is 117 Å². The molecule has 2 unspecified atom stereocenters. The summed E-state index contributed by atoms with van der Waals surface area (Å²) >= 11 is 0. The smallest absolute Gasteiger partial charge is 0.329 e. The molecular weight excluding hydrogens is 262 g/mol. The van der Waals surface area contributed by atoms with Crippen LogP contribution in [0.25, 0.3) is 0 Å². The maximum absolute atomic E-state index is 12.3. The summed E-state index contributed by atoms with van der Waals surface area (Å²) in [5.74, 6) is -1.12. The monoisotopic (exact) mass is 283 g/mol. The van der Waals surface area contributed by atoms with Gasteiger partial charge in [-0.25, -0.2) is 9.59 Å². The van der Waals surface area contributed by atoms with Gasteiger partial charge in [0.2, 0.25) is 5.91 Å². The van der Waals surface area contributed by atoms with Crippen LogP contribution in [0.15, 0.2) is 0 Å². The minimum Gasteiger partial charge on any atom is -0.480 e. The number of urea groups is 1. The first-order valence-corrected chi connectivity index (χ1v) is 6.93. The molecular formula is C13H21N3O4. The van der Waals surface area contributed by atoms with Gasteiger partial charge in [-0.05, 0) is 32.6 Å². The molecule has 0 aromatic carbocycles. The zero-order valence-electron chi connectivity index (χ0n) is 11.9. The number of carbonyl (C=O) groups excluding carboxylic acids is 2. The fraction of sp³-hybridized carbons (Fsp3) is 0.769. The minimum absolute atomic E-state index is 0.118. The standard InChI is InChI=1S/C13H21N3O4/c1-13(11(18)19)6-3-4-7-16(13)12(20)14-9-5-8-15(2)10(9)17/h9H,3-8H2,1-2H3,(H,14,20)(H,18,19). The number of carboxylic acid groups (broad SMARTS) is 1. The summed E-state index contributed by atoms with van der Waals surface area (Å²) in [7, 11) is 1.69. The summed E-state index contributed by atoms with van der Waals surface area (Å²) in [6, 6.07) is -0.990. The summed E-state index contributed by atoms with van der Waals surface area (Å²) in [6.07, 6.45) is 2.58. The summed E-state index contributed by atoms with van der Waals surface area (Å²) < 4.78 is 0. The predicted molar refractivity (Wildman–Crippen MR) is 71.2 cm³/mol. The Bertz CT molecular complexity index is 439. The number of nitrogens with zero attached hydrogens (tertiary/aromatic N) is 2. The Morgan fingerprint density at radius 2 is 2.05 bits per heavy atom. The van der Waals surface area contributed by atoms with Gasteiger partial charge in [-0.15, -0.1) is 0 Å². The normalized spacial score (nSPS) is 30.5. The summed E-state index contributed by atoms with van der Waals surface area (Å²) in [6.45, 7) is 2.59. The topological polar surface area (TPSA) is 90.0 Å². The van der Waals surface area contributed by atoms with Crippen LogP contribution in [0.5, 0.6) is 0 Å². The number of carboxylic acids is 1. The van der Waals surface area contributed by atoms with Crippen molar-refractivity contribution < 1.29 is 19.5 Å². The highest BCUT2D eigenvalue weighted by Crippen LogP contribution is 2.28. The number of likely N-dealkylation sites (tertiary alicyclic amines) is 2. The first kappa shape index (κ1) is 14.6. The molecule has 2 saturated heterocycles. The molecule has 0 bridgehead atoms. The Morgan fingerprint density at radius 1 is 1.35 bits per heavy atom. The van der Waals surface area contributed by atoms with Crippen molar-refractivity contribution in [2.24, 2.45) is 0 Å². The quantitative estimate of drug-likeness (QED) is 0.760. The average Bonchev–Trinajstić information content (AvgIpc) is 2.71. The van der Waals surface area contributed by atoms with Crippen molar-refractivity contribution in [3.05, 3.63) is 0 Å². The van der Waals surface area contributed by atoms with Gasteiger partial charge in [0.1, 0.15) is 11.6 Å². The fourth-order valence-electron chi connectivity index (χ4n) is 2.85. The molecule has 3 amide bonds. The molecule has 2 aliphatic heterocycles. The van der Waals surface area contributed by atoms with E-state index in [0.29, 0.717) is 25.9 Å². The van der Waals surface area contributed by atoms with E-state index in [1.54, 1.807) is 18.9 Å². The number of hydrogen-bond acceptors (Lipinski definition) is 3. The Kier molecular flexibility index (Phi) is 3.87. The second-order valence-corrected chi connectivity index (χ2v) is 5.74. The molecule has 2 aliphatic rings. The van der Waals surface area contributed by atoms with Crippen LogP contribution in [-0.2, 0) is 9.59 Å². The van der Waals surface area contributed by atoms with Gasteiger partial charge in [0.05, 0.1) is 0 Å². The third kappa shape index (κ3) is 2.44. The predicted octanol–water partition coefficient (Wildman–Crippen LogP) is 0.256. The van der Waals surface area contributed by atoms with Gasteiger partial charge < -0.3 is 20.2 Å². The van der Waals surface area contributed by atoms with Gasteiger partial charge in [0, 0.05) is 20.1 Å². The molecule has 2 rings (SSSR count). The first-order valence-electron chi connectivity index (χ1n) is 6.93. The van der Waals surface area contributed by atoms with Crippen molar-refractivity contribution in [1.29, 1.82) is 0 Å². The lowest BCUT2D eigenvalue weighted by molar-refractivity contribution is -0.150. The molecule has 7 nitrogen and oxygen atoms in total. The van der Waals surface area contributed by atoms with Crippen LogP contribution in [0.4, 0.5) is 4.79 Å². The van der Waals surface area contributed by atoms with Crippen molar-refractivity contribution in [2.45, 2.75) is 44.2 Å². The number of amides is 3. The minimum atomic E-state index is -1.18. The van der Waals surface area contributed by atoms with E-state index in [1.807, 2.05) is 0 Å². The van der Waals surface area contributed by atoms with Crippen molar-refractivity contribution in [1.82, 2.24) is 15.1 Å². The van der Waals surface area contributed by atoms with E-state index in [2.05, 4.69) is 5.32 Å².